The summed E-state index contributed by atoms with van der Waals surface area (Å²) in [5.41, 5.74) is 4.29. The molecule has 42 heavy (non-hydrogen) atoms. The molecule has 0 aliphatic carbocycles. The van der Waals surface area contributed by atoms with E-state index in [1.54, 1.807) is 25.5 Å². The number of allylic oxidation sites excluding steroid dienone is 2. The molecular formula is C34H32N2O5S. The van der Waals surface area contributed by atoms with Gasteiger partial charge in [-0.25, -0.2) is 9.79 Å². The number of aromatic nitrogens is 1. The van der Waals surface area contributed by atoms with Gasteiger partial charge in [-0.2, -0.15) is 0 Å². The summed E-state index contributed by atoms with van der Waals surface area (Å²) in [4.78, 5) is 32.2. The van der Waals surface area contributed by atoms with Gasteiger partial charge in [0.2, 0.25) is 0 Å². The average molecular weight is 581 g/mol. The predicted octanol–water partition coefficient (Wildman–Crippen LogP) is 5.11. The lowest BCUT2D eigenvalue weighted by Gasteiger charge is -2.24. The quantitative estimate of drug-likeness (QED) is 0.192. The zero-order chi connectivity index (χ0) is 29.6. The van der Waals surface area contributed by atoms with Gasteiger partial charge in [-0.3, -0.25) is 9.36 Å². The summed E-state index contributed by atoms with van der Waals surface area (Å²) in [6, 6.07) is 22.5. The van der Waals surface area contributed by atoms with Gasteiger partial charge >= 0.3 is 5.97 Å². The first-order valence-electron chi connectivity index (χ1n) is 13.7. The number of carbonyl (C=O) groups is 1. The third-order valence-corrected chi connectivity index (χ3v) is 7.92. The van der Waals surface area contributed by atoms with Crippen LogP contribution in [0, 0.1) is 0 Å². The summed E-state index contributed by atoms with van der Waals surface area (Å²) in [5.74, 6) is 0.955. The average Bonchev–Trinajstić information content (AvgIpc) is 3.30. The second-order valence-electron chi connectivity index (χ2n) is 9.71. The van der Waals surface area contributed by atoms with E-state index < -0.39 is 12.0 Å². The Morgan fingerprint density at radius 2 is 1.86 bits per heavy atom. The van der Waals surface area contributed by atoms with Crippen LogP contribution < -0.4 is 24.4 Å². The smallest absolute Gasteiger partial charge is 0.338 e. The molecule has 4 aromatic rings. The molecule has 8 heteroatoms. The van der Waals surface area contributed by atoms with E-state index in [0.29, 0.717) is 39.4 Å². The minimum atomic E-state index is -0.682. The number of rotatable bonds is 10. The van der Waals surface area contributed by atoms with Gasteiger partial charge in [0, 0.05) is 0 Å². The lowest BCUT2D eigenvalue weighted by atomic mass is 9.96. The van der Waals surface area contributed by atoms with E-state index in [-0.39, 0.29) is 12.2 Å². The summed E-state index contributed by atoms with van der Waals surface area (Å²) in [5, 5.41) is 0. The van der Waals surface area contributed by atoms with Crippen LogP contribution in [0.3, 0.4) is 0 Å². The van der Waals surface area contributed by atoms with E-state index in [1.165, 1.54) is 11.3 Å². The van der Waals surface area contributed by atoms with Gasteiger partial charge in [0.15, 0.2) is 4.80 Å². The van der Waals surface area contributed by atoms with E-state index in [4.69, 9.17) is 14.2 Å². The molecule has 5 rings (SSSR count). The van der Waals surface area contributed by atoms with Crippen molar-refractivity contribution >= 4 is 23.4 Å². The zero-order valence-corrected chi connectivity index (χ0v) is 24.6. The lowest BCUT2D eigenvalue weighted by Crippen LogP contribution is -2.39. The standard InChI is InChI=1S/C34H32N2O5S/c1-5-10-26-19-24(13-18-28(26)41-21-23-11-8-7-9-12-23)20-29-32(37)36-31(25-14-16-27(39-4)17-15-25)30(33(38)40-6-2)22(3)35-34(36)42-29/h5,7-9,11-20,31H,1,6,10,21H2,2-4H3/b29-20+/t31-/m0/s1. The molecule has 0 N–H and O–H groups in total. The molecule has 0 bridgehead atoms. The molecule has 0 spiro atoms. The molecule has 214 valence electrons. The first-order valence-corrected chi connectivity index (χ1v) is 14.5. The molecule has 1 atom stereocenters. The van der Waals surface area contributed by atoms with E-state index in [0.717, 1.165) is 28.0 Å². The molecule has 0 saturated carbocycles. The van der Waals surface area contributed by atoms with Gasteiger partial charge < -0.3 is 14.2 Å². The second-order valence-corrected chi connectivity index (χ2v) is 10.7. The Balaban J connectivity index is 1.56. The Labute approximate surface area is 248 Å². The van der Waals surface area contributed by atoms with Gasteiger partial charge in [0.1, 0.15) is 18.1 Å². The Morgan fingerprint density at radius 3 is 2.55 bits per heavy atom. The fourth-order valence-corrected chi connectivity index (χ4v) is 5.97. The number of carbonyl (C=O) groups excluding carboxylic acids is 1. The molecule has 1 aromatic heterocycles. The highest BCUT2D eigenvalue weighted by atomic mass is 32.1. The Bertz CT molecular complexity index is 1820. The lowest BCUT2D eigenvalue weighted by molar-refractivity contribution is -0.139. The van der Waals surface area contributed by atoms with E-state index in [2.05, 4.69) is 11.6 Å². The van der Waals surface area contributed by atoms with E-state index >= 15 is 0 Å². The number of hydrogen-bond acceptors (Lipinski definition) is 7. The monoisotopic (exact) mass is 580 g/mol. The number of nitrogens with zero attached hydrogens (tertiary/aromatic N) is 2. The largest absolute Gasteiger partial charge is 0.497 e. The fourth-order valence-electron chi connectivity index (χ4n) is 4.92. The third kappa shape index (κ3) is 5.99. The van der Waals surface area contributed by atoms with Crippen LogP contribution >= 0.6 is 11.3 Å². The van der Waals surface area contributed by atoms with Crippen molar-refractivity contribution in [3.8, 4) is 11.5 Å². The topological polar surface area (TPSA) is 79.1 Å². The first-order chi connectivity index (χ1) is 20.4. The molecule has 7 nitrogen and oxygen atoms in total. The number of benzene rings is 3. The Kier molecular flexibility index (Phi) is 8.83. The van der Waals surface area contributed by atoms with Crippen LogP contribution in [0.5, 0.6) is 11.5 Å². The van der Waals surface area contributed by atoms with Crippen LogP contribution in [0.2, 0.25) is 0 Å². The van der Waals surface area contributed by atoms with Crippen LogP contribution in [0.25, 0.3) is 6.08 Å². The van der Waals surface area contributed by atoms with Gasteiger partial charge in [0.25, 0.3) is 5.56 Å². The van der Waals surface area contributed by atoms with Crippen LogP contribution in [0.15, 0.2) is 107 Å². The minimum absolute atomic E-state index is 0.216. The summed E-state index contributed by atoms with van der Waals surface area (Å²) in [7, 11) is 1.59. The van der Waals surface area contributed by atoms with Crippen molar-refractivity contribution < 1.29 is 19.0 Å². The van der Waals surface area contributed by atoms with Crippen molar-refractivity contribution in [2.45, 2.75) is 32.9 Å². The van der Waals surface area contributed by atoms with Crippen molar-refractivity contribution in [1.82, 2.24) is 4.57 Å². The SMILES string of the molecule is C=CCc1cc(/C=c2/sc3n(c2=O)[C@@H](c2ccc(OC)cc2)C(C(=O)OCC)=C(C)N=3)ccc1OCc1ccccc1. The number of fused-ring (bicyclic) bond motifs is 1. The number of thiazole rings is 1. The highest BCUT2D eigenvalue weighted by Crippen LogP contribution is 2.31. The van der Waals surface area contributed by atoms with Gasteiger partial charge in [0.05, 0.1) is 35.6 Å². The molecule has 0 fully saturated rings. The maximum absolute atomic E-state index is 13.9. The van der Waals surface area contributed by atoms with Crippen molar-refractivity contribution in [2.75, 3.05) is 13.7 Å². The van der Waals surface area contributed by atoms with E-state index in [9.17, 15) is 9.59 Å². The second kappa shape index (κ2) is 12.9. The van der Waals surface area contributed by atoms with E-state index in [1.807, 2.05) is 84.9 Å². The Morgan fingerprint density at radius 1 is 1.10 bits per heavy atom. The van der Waals surface area contributed by atoms with Crippen LogP contribution in [0.1, 0.15) is 42.1 Å². The van der Waals surface area contributed by atoms with Gasteiger partial charge in [-0.05, 0) is 72.9 Å². The number of hydrogen-bond donors (Lipinski definition) is 0. The number of ether oxygens (including phenoxy) is 3. The van der Waals surface area contributed by atoms with Crippen molar-refractivity contribution in [3.05, 3.63) is 139 Å². The van der Waals surface area contributed by atoms with Crippen molar-refractivity contribution in [2.24, 2.45) is 4.99 Å². The third-order valence-electron chi connectivity index (χ3n) is 6.93. The molecule has 1 aliphatic rings. The fraction of sp³-hybridized carbons (Fsp3) is 0.206. The van der Waals surface area contributed by atoms with Gasteiger partial charge in [-0.15, -0.1) is 6.58 Å². The molecule has 0 amide bonds. The number of methoxy groups -OCH3 is 1. The summed E-state index contributed by atoms with van der Waals surface area (Å²) in [6.45, 7) is 8.09. The molecule has 0 radical (unpaired) electrons. The summed E-state index contributed by atoms with van der Waals surface area (Å²) < 4.78 is 18.9. The molecule has 0 unspecified atom stereocenters. The molecule has 3 aromatic carbocycles. The maximum Gasteiger partial charge on any atom is 0.338 e. The molecule has 0 saturated heterocycles. The van der Waals surface area contributed by atoms with Crippen molar-refractivity contribution in [1.29, 1.82) is 0 Å². The van der Waals surface area contributed by atoms with Crippen LogP contribution in [-0.4, -0.2) is 24.3 Å². The zero-order valence-electron chi connectivity index (χ0n) is 23.8. The number of esters is 1. The maximum atomic E-state index is 13.9. The first kappa shape index (κ1) is 28.8. The molecule has 1 aliphatic heterocycles. The van der Waals surface area contributed by atoms with Gasteiger partial charge in [-0.1, -0.05) is 65.9 Å². The highest BCUT2D eigenvalue weighted by Gasteiger charge is 2.33. The summed E-state index contributed by atoms with van der Waals surface area (Å²) in [6.07, 6.45) is 4.30. The predicted molar refractivity (Wildman–Crippen MR) is 165 cm³/mol. The summed E-state index contributed by atoms with van der Waals surface area (Å²) >= 11 is 1.29. The molecular weight excluding hydrogens is 548 g/mol. The normalized spacial score (nSPS) is 14.6. The minimum Gasteiger partial charge on any atom is -0.497 e. The highest BCUT2D eigenvalue weighted by molar-refractivity contribution is 7.07. The van der Waals surface area contributed by atoms with Crippen LogP contribution in [0.4, 0.5) is 0 Å². The van der Waals surface area contributed by atoms with Crippen LogP contribution in [-0.2, 0) is 22.6 Å². The molecule has 2 heterocycles. The van der Waals surface area contributed by atoms with Crippen molar-refractivity contribution in [3.63, 3.8) is 0 Å². The Hall–Kier alpha value is -4.69.